The van der Waals surface area contributed by atoms with Crippen molar-refractivity contribution in [1.29, 1.82) is 0 Å². The maximum Gasteiger partial charge on any atom is 0.338 e. The number of hydrogen-bond acceptors (Lipinski definition) is 6. The van der Waals surface area contributed by atoms with E-state index in [2.05, 4.69) is 10.2 Å². The molecule has 2 aromatic carbocycles. The number of rotatable bonds is 5. The molecular formula is C18H15FN2O4. The zero-order valence-corrected chi connectivity index (χ0v) is 13.7. The lowest BCUT2D eigenvalue weighted by Crippen LogP contribution is -2.06. The number of benzene rings is 2. The van der Waals surface area contributed by atoms with Gasteiger partial charge in [-0.05, 0) is 37.3 Å². The van der Waals surface area contributed by atoms with E-state index in [1.807, 2.05) is 31.2 Å². The summed E-state index contributed by atoms with van der Waals surface area (Å²) in [5, 5.41) is 7.78. The molecule has 6 nitrogen and oxygen atoms in total. The van der Waals surface area contributed by atoms with Gasteiger partial charge in [-0.2, -0.15) is 0 Å². The van der Waals surface area contributed by atoms with Crippen LogP contribution in [0.15, 0.2) is 46.9 Å². The van der Waals surface area contributed by atoms with E-state index in [1.54, 1.807) is 0 Å². The Labute approximate surface area is 143 Å². The lowest BCUT2D eigenvalue weighted by atomic mass is 10.1. The molecule has 0 amide bonds. The number of carbonyl (C=O) groups excluding carboxylic acids is 1. The second-order valence-electron chi connectivity index (χ2n) is 5.30. The Balaban J connectivity index is 1.66. The van der Waals surface area contributed by atoms with Gasteiger partial charge in [0.1, 0.15) is 0 Å². The lowest BCUT2D eigenvalue weighted by molar-refractivity contribution is 0.0438. The molecule has 0 aliphatic heterocycles. The summed E-state index contributed by atoms with van der Waals surface area (Å²) in [5.41, 5.74) is 1.91. The zero-order chi connectivity index (χ0) is 17.8. The van der Waals surface area contributed by atoms with Gasteiger partial charge in [-0.1, -0.05) is 17.7 Å². The normalized spacial score (nSPS) is 10.5. The van der Waals surface area contributed by atoms with E-state index in [4.69, 9.17) is 13.9 Å². The molecule has 0 saturated carbocycles. The van der Waals surface area contributed by atoms with Gasteiger partial charge in [0.2, 0.25) is 5.89 Å². The molecule has 7 heteroatoms. The maximum atomic E-state index is 13.6. The average molecular weight is 342 g/mol. The number of aromatic nitrogens is 2. The van der Waals surface area contributed by atoms with E-state index in [0.717, 1.165) is 17.2 Å². The van der Waals surface area contributed by atoms with Gasteiger partial charge < -0.3 is 13.9 Å². The predicted molar refractivity (Wildman–Crippen MR) is 86.5 cm³/mol. The van der Waals surface area contributed by atoms with Crippen LogP contribution in [-0.2, 0) is 11.3 Å². The Kier molecular flexibility index (Phi) is 4.74. The summed E-state index contributed by atoms with van der Waals surface area (Å²) in [7, 11) is 1.35. The van der Waals surface area contributed by atoms with Crippen LogP contribution in [0.25, 0.3) is 11.5 Å². The third kappa shape index (κ3) is 3.82. The first-order chi connectivity index (χ1) is 12.1. The second-order valence-corrected chi connectivity index (χ2v) is 5.30. The molecule has 3 aromatic rings. The Morgan fingerprint density at radius 3 is 2.76 bits per heavy atom. The van der Waals surface area contributed by atoms with Crippen LogP contribution in [0.1, 0.15) is 21.8 Å². The van der Waals surface area contributed by atoms with Crippen molar-refractivity contribution in [2.75, 3.05) is 7.11 Å². The highest BCUT2D eigenvalue weighted by Crippen LogP contribution is 2.20. The van der Waals surface area contributed by atoms with E-state index >= 15 is 0 Å². The molecule has 0 radical (unpaired) electrons. The molecule has 0 fully saturated rings. The standard InChI is InChI=1S/C18H15FN2O4/c1-11-4-3-5-12(8-11)17-21-20-16(25-17)10-24-18(22)13-6-7-15(23-2)14(19)9-13/h3-9H,10H2,1-2H3. The van der Waals surface area contributed by atoms with Gasteiger partial charge in [-0.15, -0.1) is 10.2 Å². The molecular weight excluding hydrogens is 327 g/mol. The van der Waals surface area contributed by atoms with Crippen LogP contribution < -0.4 is 4.74 Å². The molecule has 0 N–H and O–H groups in total. The highest BCUT2D eigenvalue weighted by atomic mass is 19.1. The van der Waals surface area contributed by atoms with Gasteiger partial charge in [0.05, 0.1) is 12.7 Å². The predicted octanol–water partition coefficient (Wildman–Crippen LogP) is 3.55. The van der Waals surface area contributed by atoms with Gasteiger partial charge >= 0.3 is 5.97 Å². The smallest absolute Gasteiger partial charge is 0.338 e. The minimum Gasteiger partial charge on any atom is -0.494 e. The summed E-state index contributed by atoms with van der Waals surface area (Å²) >= 11 is 0. The summed E-state index contributed by atoms with van der Waals surface area (Å²) in [4.78, 5) is 12.0. The van der Waals surface area contributed by atoms with E-state index in [9.17, 15) is 9.18 Å². The maximum absolute atomic E-state index is 13.6. The molecule has 1 heterocycles. The van der Waals surface area contributed by atoms with Crippen molar-refractivity contribution < 1.29 is 23.1 Å². The summed E-state index contributed by atoms with van der Waals surface area (Å²) in [6.45, 7) is 1.75. The summed E-state index contributed by atoms with van der Waals surface area (Å²) in [6, 6.07) is 11.4. The van der Waals surface area contributed by atoms with Crippen LogP contribution in [0.2, 0.25) is 0 Å². The number of halogens is 1. The summed E-state index contributed by atoms with van der Waals surface area (Å²) in [6.07, 6.45) is 0. The van der Waals surface area contributed by atoms with E-state index < -0.39 is 11.8 Å². The molecule has 0 saturated heterocycles. The molecule has 1 aromatic heterocycles. The number of hydrogen-bond donors (Lipinski definition) is 0. The van der Waals surface area contributed by atoms with Gasteiger partial charge in [0.15, 0.2) is 18.2 Å². The second kappa shape index (κ2) is 7.12. The van der Waals surface area contributed by atoms with E-state index in [0.29, 0.717) is 5.89 Å². The molecule has 0 unspecified atom stereocenters. The molecule has 3 rings (SSSR count). The number of nitrogens with zero attached hydrogens (tertiary/aromatic N) is 2. The highest BCUT2D eigenvalue weighted by molar-refractivity contribution is 5.89. The largest absolute Gasteiger partial charge is 0.494 e. The van der Waals surface area contributed by atoms with Crippen molar-refractivity contribution in [3.8, 4) is 17.2 Å². The third-order valence-electron chi connectivity index (χ3n) is 3.45. The third-order valence-corrected chi connectivity index (χ3v) is 3.45. The average Bonchev–Trinajstić information content (AvgIpc) is 3.08. The Morgan fingerprint density at radius 1 is 1.20 bits per heavy atom. The fourth-order valence-corrected chi connectivity index (χ4v) is 2.21. The number of aryl methyl sites for hydroxylation is 1. The summed E-state index contributed by atoms with van der Waals surface area (Å²) < 4.78 is 29.0. The lowest BCUT2D eigenvalue weighted by Gasteiger charge is -2.05. The fourth-order valence-electron chi connectivity index (χ4n) is 2.21. The quantitative estimate of drug-likeness (QED) is 0.660. The van der Waals surface area contributed by atoms with E-state index in [1.165, 1.54) is 19.2 Å². The van der Waals surface area contributed by atoms with Crippen molar-refractivity contribution in [3.05, 3.63) is 65.3 Å². The van der Waals surface area contributed by atoms with Crippen LogP contribution in [-0.4, -0.2) is 23.3 Å². The molecule has 0 aliphatic rings. The first-order valence-electron chi connectivity index (χ1n) is 7.47. The van der Waals surface area contributed by atoms with Crippen molar-refractivity contribution in [3.63, 3.8) is 0 Å². The number of ether oxygens (including phenoxy) is 2. The zero-order valence-electron chi connectivity index (χ0n) is 13.7. The number of carbonyl (C=O) groups is 1. The van der Waals surface area contributed by atoms with Gasteiger partial charge in [0.25, 0.3) is 5.89 Å². The SMILES string of the molecule is COc1ccc(C(=O)OCc2nnc(-c3cccc(C)c3)o2)cc1F. The minimum absolute atomic E-state index is 0.0521. The number of esters is 1. The Morgan fingerprint density at radius 2 is 2.04 bits per heavy atom. The van der Waals surface area contributed by atoms with Crippen LogP contribution in [0.4, 0.5) is 4.39 Å². The molecule has 0 bridgehead atoms. The molecule has 0 aliphatic carbocycles. The van der Waals surface area contributed by atoms with Gasteiger partial charge in [-0.3, -0.25) is 0 Å². The molecule has 0 atom stereocenters. The van der Waals surface area contributed by atoms with Gasteiger partial charge in [0, 0.05) is 5.56 Å². The minimum atomic E-state index is -0.697. The molecule has 0 spiro atoms. The fraction of sp³-hybridized carbons (Fsp3) is 0.167. The van der Waals surface area contributed by atoms with E-state index in [-0.39, 0.29) is 23.8 Å². The van der Waals surface area contributed by atoms with Crippen molar-refractivity contribution in [2.45, 2.75) is 13.5 Å². The van der Waals surface area contributed by atoms with Crippen molar-refractivity contribution in [2.24, 2.45) is 0 Å². The first kappa shape index (κ1) is 16.6. The molecule has 25 heavy (non-hydrogen) atoms. The summed E-state index contributed by atoms with van der Waals surface area (Å²) in [5.74, 6) is -0.798. The highest BCUT2D eigenvalue weighted by Gasteiger charge is 2.14. The van der Waals surface area contributed by atoms with Crippen molar-refractivity contribution >= 4 is 5.97 Å². The first-order valence-corrected chi connectivity index (χ1v) is 7.47. The van der Waals surface area contributed by atoms with Crippen LogP contribution >= 0.6 is 0 Å². The van der Waals surface area contributed by atoms with Crippen molar-refractivity contribution in [1.82, 2.24) is 10.2 Å². The van der Waals surface area contributed by atoms with Crippen LogP contribution in [0, 0.1) is 12.7 Å². The number of methoxy groups -OCH3 is 1. The Bertz CT molecular complexity index is 908. The molecule has 128 valence electrons. The van der Waals surface area contributed by atoms with Crippen LogP contribution in [0.3, 0.4) is 0 Å². The topological polar surface area (TPSA) is 74.5 Å². The van der Waals surface area contributed by atoms with Crippen LogP contribution in [0.5, 0.6) is 5.75 Å². The van der Waals surface area contributed by atoms with Gasteiger partial charge in [-0.25, -0.2) is 9.18 Å². The Hall–Kier alpha value is -3.22. The monoisotopic (exact) mass is 342 g/mol.